The van der Waals surface area contributed by atoms with Crippen molar-refractivity contribution in [3.8, 4) is 0 Å². The van der Waals surface area contributed by atoms with Gasteiger partial charge in [0.15, 0.2) is 0 Å². The minimum atomic E-state index is -3.95. The van der Waals surface area contributed by atoms with Gasteiger partial charge in [-0.1, -0.05) is 24.3 Å². The van der Waals surface area contributed by atoms with Crippen molar-refractivity contribution in [3.05, 3.63) is 47.5 Å². The van der Waals surface area contributed by atoms with E-state index in [-0.39, 0.29) is 24.8 Å². The summed E-state index contributed by atoms with van der Waals surface area (Å²) >= 11 is 0. The topological polar surface area (TPSA) is 129 Å². The summed E-state index contributed by atoms with van der Waals surface area (Å²) in [6.07, 6.45) is -0.120. The van der Waals surface area contributed by atoms with E-state index in [1.165, 1.54) is 26.2 Å². The van der Waals surface area contributed by atoms with E-state index in [4.69, 9.17) is 18.5 Å². The second-order valence-corrected chi connectivity index (χ2v) is 13.2. The predicted octanol–water partition coefficient (Wildman–Crippen LogP) is 4.83. The van der Waals surface area contributed by atoms with E-state index in [0.717, 1.165) is 10.3 Å². The zero-order chi connectivity index (χ0) is 29.4. The third-order valence-corrected chi connectivity index (χ3v) is 9.63. The summed E-state index contributed by atoms with van der Waals surface area (Å²) in [5.74, 6) is -3.17. The molecular weight excluding hydrogens is 539 g/mol. The molecule has 1 fully saturated rings. The summed E-state index contributed by atoms with van der Waals surface area (Å²) < 4.78 is 34.8. The van der Waals surface area contributed by atoms with Crippen LogP contribution in [0.15, 0.2) is 36.4 Å². The van der Waals surface area contributed by atoms with Gasteiger partial charge < -0.3 is 18.5 Å². The lowest BCUT2D eigenvalue weighted by atomic mass is 9.93. The van der Waals surface area contributed by atoms with Crippen molar-refractivity contribution < 1.29 is 42.3 Å². The Morgan fingerprint density at radius 2 is 1.55 bits per heavy atom. The first kappa shape index (κ1) is 29.7. The number of ether oxygens (including phenoxy) is 2. The Balaban J connectivity index is 1.60. The molecule has 2 aromatic carbocycles. The SMILES string of the molecule is COC(=O)[C@@H]1C[C@@H](CCCN2C(=O)c3cccc4cccc(c34)C2=O)[C@H](P(=O)(OC)OC)N1C(=O)OC(C)(C)C. The number of imide groups is 1. The summed E-state index contributed by atoms with van der Waals surface area (Å²) in [6, 6.07) is 9.59. The summed E-state index contributed by atoms with van der Waals surface area (Å²) in [4.78, 5) is 55.0. The van der Waals surface area contributed by atoms with Gasteiger partial charge in [0.2, 0.25) is 0 Å². The Kier molecular flexibility index (Phi) is 8.40. The summed E-state index contributed by atoms with van der Waals surface area (Å²) in [5.41, 5.74) is 0.0201. The molecule has 40 heavy (non-hydrogen) atoms. The van der Waals surface area contributed by atoms with Gasteiger partial charge in [-0.3, -0.25) is 24.0 Å². The van der Waals surface area contributed by atoms with E-state index in [1.807, 2.05) is 12.1 Å². The van der Waals surface area contributed by atoms with Crippen LogP contribution in [0.2, 0.25) is 0 Å². The fourth-order valence-electron chi connectivity index (χ4n) is 5.59. The van der Waals surface area contributed by atoms with Gasteiger partial charge in [0.1, 0.15) is 17.4 Å². The molecule has 2 heterocycles. The van der Waals surface area contributed by atoms with Crippen molar-refractivity contribution >= 4 is 42.2 Å². The summed E-state index contributed by atoms with van der Waals surface area (Å²) in [7, 11) is -0.320. The molecule has 0 aromatic heterocycles. The minimum Gasteiger partial charge on any atom is -0.467 e. The van der Waals surface area contributed by atoms with E-state index >= 15 is 0 Å². The molecular formula is C28H35N2O9P. The van der Waals surface area contributed by atoms with Crippen LogP contribution in [0.5, 0.6) is 0 Å². The fourth-order valence-corrected chi connectivity index (χ4v) is 7.52. The maximum Gasteiger partial charge on any atom is 0.411 e. The Bertz CT molecular complexity index is 1330. The van der Waals surface area contributed by atoms with E-state index in [1.54, 1.807) is 45.0 Å². The molecule has 2 aliphatic rings. The van der Waals surface area contributed by atoms with Crippen LogP contribution in [0.25, 0.3) is 10.8 Å². The maximum absolute atomic E-state index is 13.7. The van der Waals surface area contributed by atoms with Gasteiger partial charge in [-0.25, -0.2) is 9.59 Å². The van der Waals surface area contributed by atoms with Crippen molar-refractivity contribution in [2.24, 2.45) is 5.92 Å². The van der Waals surface area contributed by atoms with Crippen molar-refractivity contribution in [3.63, 3.8) is 0 Å². The summed E-state index contributed by atoms with van der Waals surface area (Å²) in [5, 5.41) is 1.46. The quantitative estimate of drug-likeness (QED) is 0.247. The highest BCUT2D eigenvalue weighted by Crippen LogP contribution is 2.60. The molecule has 216 valence electrons. The van der Waals surface area contributed by atoms with E-state index < -0.39 is 43.0 Å². The van der Waals surface area contributed by atoms with Crippen molar-refractivity contribution in [2.45, 2.75) is 57.5 Å². The average molecular weight is 575 g/mol. The standard InChI is InChI=1S/C28H35N2O9P/c1-28(2,3)39-27(34)30-21(26(33)36-4)16-18(25(30)40(35,37-5)38-6)12-9-15-29-23(31)19-13-7-10-17-11-8-14-20(22(17)19)24(29)32/h7-8,10-11,13-14,18,21,25H,9,12,15-16H2,1-6H3/t18-,21+,25+/m1/s1. The van der Waals surface area contributed by atoms with Crippen LogP contribution in [0.4, 0.5) is 4.79 Å². The molecule has 0 bridgehead atoms. The van der Waals surface area contributed by atoms with Crippen LogP contribution < -0.4 is 0 Å². The summed E-state index contributed by atoms with van der Waals surface area (Å²) in [6.45, 7) is 5.12. The van der Waals surface area contributed by atoms with Gasteiger partial charge in [-0.2, -0.15) is 0 Å². The molecule has 0 saturated carbocycles. The first-order valence-electron chi connectivity index (χ1n) is 13.0. The molecule has 2 aliphatic heterocycles. The third kappa shape index (κ3) is 5.38. The minimum absolute atomic E-state index is 0.0885. The third-order valence-electron chi connectivity index (χ3n) is 7.29. The Morgan fingerprint density at radius 1 is 0.975 bits per heavy atom. The average Bonchev–Trinajstić information content (AvgIpc) is 3.32. The lowest BCUT2D eigenvalue weighted by Crippen LogP contribution is -2.48. The molecule has 0 aliphatic carbocycles. The van der Waals surface area contributed by atoms with Crippen LogP contribution in [-0.2, 0) is 27.9 Å². The number of nitrogens with zero attached hydrogens (tertiary/aromatic N) is 2. The van der Waals surface area contributed by atoms with Crippen molar-refractivity contribution in [1.82, 2.24) is 9.80 Å². The Labute approximate surface area is 233 Å². The van der Waals surface area contributed by atoms with Crippen LogP contribution in [0.1, 0.15) is 60.7 Å². The maximum atomic E-state index is 13.7. The number of amides is 3. The second-order valence-electron chi connectivity index (χ2n) is 10.9. The highest BCUT2D eigenvalue weighted by Gasteiger charge is 2.57. The molecule has 3 amide bonds. The van der Waals surface area contributed by atoms with Crippen molar-refractivity contribution in [1.29, 1.82) is 0 Å². The second kappa shape index (κ2) is 11.3. The largest absolute Gasteiger partial charge is 0.467 e. The number of carbonyl (C=O) groups is 4. The van der Waals surface area contributed by atoms with Gasteiger partial charge in [0.05, 0.1) is 7.11 Å². The fraction of sp³-hybridized carbons (Fsp3) is 0.500. The monoisotopic (exact) mass is 574 g/mol. The zero-order valence-electron chi connectivity index (χ0n) is 23.5. The number of carbonyl (C=O) groups excluding carboxylic acids is 4. The van der Waals surface area contributed by atoms with Crippen LogP contribution in [0, 0.1) is 5.92 Å². The van der Waals surface area contributed by atoms with Crippen molar-refractivity contribution in [2.75, 3.05) is 27.9 Å². The lowest BCUT2D eigenvalue weighted by molar-refractivity contribution is -0.145. The first-order valence-corrected chi connectivity index (χ1v) is 14.7. The molecule has 2 aromatic rings. The number of hydrogen-bond acceptors (Lipinski definition) is 9. The number of benzene rings is 2. The molecule has 0 spiro atoms. The van der Waals surface area contributed by atoms with Gasteiger partial charge in [0.25, 0.3) is 11.8 Å². The number of hydrogen-bond donors (Lipinski definition) is 0. The normalized spacial score (nSPS) is 21.2. The van der Waals surface area contributed by atoms with E-state index in [9.17, 15) is 23.7 Å². The van der Waals surface area contributed by atoms with Gasteiger partial charge in [-0.05, 0) is 63.5 Å². The number of esters is 1. The van der Waals surface area contributed by atoms with E-state index in [2.05, 4.69) is 0 Å². The van der Waals surface area contributed by atoms with E-state index in [0.29, 0.717) is 29.4 Å². The molecule has 0 N–H and O–H groups in total. The lowest BCUT2D eigenvalue weighted by Gasteiger charge is -2.35. The Hall–Kier alpha value is -3.27. The highest BCUT2D eigenvalue weighted by atomic mass is 31.2. The zero-order valence-corrected chi connectivity index (χ0v) is 24.4. The first-order chi connectivity index (χ1) is 18.9. The Morgan fingerprint density at radius 3 is 2.05 bits per heavy atom. The van der Waals surface area contributed by atoms with Crippen LogP contribution in [-0.4, -0.2) is 79.0 Å². The van der Waals surface area contributed by atoms with Gasteiger partial charge in [0, 0.05) is 37.3 Å². The smallest absolute Gasteiger partial charge is 0.411 e. The van der Waals surface area contributed by atoms with Crippen LogP contribution >= 0.6 is 7.60 Å². The predicted molar refractivity (Wildman–Crippen MR) is 146 cm³/mol. The molecule has 3 atom stereocenters. The number of rotatable bonds is 8. The molecule has 0 radical (unpaired) electrons. The number of likely N-dealkylation sites (tertiary alicyclic amines) is 1. The molecule has 4 rings (SSSR count). The molecule has 0 unspecified atom stereocenters. The molecule has 12 heteroatoms. The number of methoxy groups -OCH3 is 1. The van der Waals surface area contributed by atoms with Gasteiger partial charge in [-0.15, -0.1) is 0 Å². The van der Waals surface area contributed by atoms with Gasteiger partial charge >= 0.3 is 19.7 Å². The molecule has 1 saturated heterocycles. The van der Waals surface area contributed by atoms with Crippen LogP contribution in [0.3, 0.4) is 0 Å². The highest BCUT2D eigenvalue weighted by molar-refractivity contribution is 7.54. The molecule has 11 nitrogen and oxygen atoms in total.